The van der Waals surface area contributed by atoms with Crippen LogP contribution in [-0.2, 0) is 29.1 Å². The van der Waals surface area contributed by atoms with Crippen LogP contribution in [0.1, 0.15) is 39.0 Å². The average Bonchev–Trinajstić information content (AvgIpc) is 3.55. The number of amides is 2. The maximum atomic E-state index is 12.8. The molecule has 0 saturated carbocycles. The van der Waals surface area contributed by atoms with E-state index in [2.05, 4.69) is 50.1 Å². The van der Waals surface area contributed by atoms with Crippen molar-refractivity contribution >= 4 is 23.2 Å². The summed E-state index contributed by atoms with van der Waals surface area (Å²) in [7, 11) is 2.10. The van der Waals surface area contributed by atoms with E-state index in [9.17, 15) is 9.59 Å². The monoisotopic (exact) mass is 458 g/mol. The molecule has 5 rings (SSSR count). The number of likely N-dealkylation sites (N-methyl/N-ethyl adjacent to an activating group) is 1. The van der Waals surface area contributed by atoms with Crippen LogP contribution in [-0.4, -0.2) is 52.3 Å². The van der Waals surface area contributed by atoms with Crippen LogP contribution >= 0.6 is 0 Å². The Morgan fingerprint density at radius 1 is 1.21 bits per heavy atom. The molecule has 1 aromatic heterocycles. The number of carbonyl (C=O) groups is 2. The largest absolute Gasteiger partial charge is 0.382 e. The lowest BCUT2D eigenvalue weighted by Crippen LogP contribution is -2.34. The molecule has 0 spiro atoms. The van der Waals surface area contributed by atoms with Crippen molar-refractivity contribution in [2.45, 2.75) is 32.0 Å². The van der Waals surface area contributed by atoms with E-state index in [-0.39, 0.29) is 18.4 Å². The Morgan fingerprint density at radius 3 is 2.97 bits per heavy atom. The van der Waals surface area contributed by atoms with Gasteiger partial charge in [-0.1, -0.05) is 23.4 Å². The molecule has 3 aromatic rings. The second-order valence-corrected chi connectivity index (χ2v) is 8.67. The zero-order valence-electron chi connectivity index (χ0n) is 18.9. The first kappa shape index (κ1) is 21.8. The van der Waals surface area contributed by atoms with Crippen LogP contribution in [0.25, 0.3) is 0 Å². The smallest absolute Gasteiger partial charge is 0.264 e. The van der Waals surface area contributed by atoms with Crippen molar-refractivity contribution in [3.05, 3.63) is 82.7 Å². The number of nitrogens with zero attached hydrogens (tertiary/aromatic N) is 3. The molecule has 9 nitrogen and oxygen atoms in total. The van der Waals surface area contributed by atoms with Crippen molar-refractivity contribution in [3.8, 4) is 0 Å². The highest BCUT2D eigenvalue weighted by molar-refractivity contribution is 6.05. The van der Waals surface area contributed by atoms with Gasteiger partial charge in [0.25, 0.3) is 11.8 Å². The predicted molar refractivity (Wildman–Crippen MR) is 127 cm³/mol. The summed E-state index contributed by atoms with van der Waals surface area (Å²) in [6.45, 7) is 2.22. The molecule has 174 valence electrons. The average molecular weight is 459 g/mol. The summed E-state index contributed by atoms with van der Waals surface area (Å²) in [5.74, 6) is -0.439. The number of H-pyrrole nitrogens is 1. The molecule has 1 unspecified atom stereocenters. The third kappa shape index (κ3) is 4.84. The van der Waals surface area contributed by atoms with Crippen molar-refractivity contribution < 1.29 is 14.4 Å². The van der Waals surface area contributed by atoms with Crippen molar-refractivity contribution in [2.24, 2.45) is 5.16 Å². The number of hydrogen-bond acceptors (Lipinski definition) is 6. The fraction of sp³-hybridized carbons (Fsp3) is 0.280. The lowest BCUT2D eigenvalue weighted by molar-refractivity contribution is -0.131. The third-order valence-electron chi connectivity index (χ3n) is 6.12. The minimum Gasteiger partial charge on any atom is -0.382 e. The van der Waals surface area contributed by atoms with Gasteiger partial charge in [0.05, 0.1) is 11.9 Å². The molecule has 0 bridgehead atoms. The molecule has 1 atom stereocenters. The van der Waals surface area contributed by atoms with Gasteiger partial charge < -0.3 is 20.4 Å². The highest BCUT2D eigenvalue weighted by atomic mass is 16.6. The van der Waals surface area contributed by atoms with Gasteiger partial charge >= 0.3 is 0 Å². The van der Waals surface area contributed by atoms with Crippen LogP contribution < -0.4 is 10.6 Å². The van der Waals surface area contributed by atoms with Gasteiger partial charge in [0, 0.05) is 49.1 Å². The van der Waals surface area contributed by atoms with Crippen molar-refractivity contribution in [3.63, 3.8) is 0 Å². The Hall–Kier alpha value is -3.98. The maximum absolute atomic E-state index is 12.8. The van der Waals surface area contributed by atoms with Crippen molar-refractivity contribution in [1.29, 1.82) is 0 Å². The normalized spacial score (nSPS) is 17.4. The number of aromatic nitrogens is 2. The van der Waals surface area contributed by atoms with Crippen molar-refractivity contribution in [1.82, 2.24) is 20.4 Å². The molecule has 0 fully saturated rings. The zero-order chi connectivity index (χ0) is 23.5. The van der Waals surface area contributed by atoms with Gasteiger partial charge in [-0.05, 0) is 54.4 Å². The number of aromatic amines is 1. The van der Waals surface area contributed by atoms with Crippen LogP contribution in [0.5, 0.6) is 0 Å². The molecule has 9 heteroatoms. The van der Waals surface area contributed by atoms with Crippen LogP contribution in [0.3, 0.4) is 0 Å². The summed E-state index contributed by atoms with van der Waals surface area (Å²) >= 11 is 0. The number of benzene rings is 2. The van der Waals surface area contributed by atoms with E-state index in [0.717, 1.165) is 36.3 Å². The number of hydrogen-bond donors (Lipinski definition) is 3. The van der Waals surface area contributed by atoms with E-state index in [1.54, 1.807) is 24.5 Å². The van der Waals surface area contributed by atoms with Crippen LogP contribution in [0.4, 0.5) is 5.69 Å². The first-order valence-electron chi connectivity index (χ1n) is 11.3. The summed E-state index contributed by atoms with van der Waals surface area (Å²) in [5.41, 5.74) is 6.21. The molecule has 3 heterocycles. The fourth-order valence-electron chi connectivity index (χ4n) is 4.20. The number of carbonyl (C=O) groups excluding carboxylic acids is 2. The summed E-state index contributed by atoms with van der Waals surface area (Å²) < 4.78 is 0. The van der Waals surface area contributed by atoms with Gasteiger partial charge in [-0.15, -0.1) is 0 Å². The second kappa shape index (κ2) is 9.48. The molecule has 3 N–H and O–H groups in total. The van der Waals surface area contributed by atoms with E-state index in [1.807, 2.05) is 18.2 Å². The highest BCUT2D eigenvalue weighted by Crippen LogP contribution is 2.22. The Kier molecular flexibility index (Phi) is 6.09. The highest BCUT2D eigenvalue weighted by Gasteiger charge is 2.29. The number of oxime groups is 1. The van der Waals surface area contributed by atoms with E-state index >= 15 is 0 Å². The Morgan fingerprint density at radius 2 is 2.12 bits per heavy atom. The minimum atomic E-state index is -0.681. The molecule has 2 amide bonds. The quantitative estimate of drug-likeness (QED) is 0.525. The summed E-state index contributed by atoms with van der Waals surface area (Å²) in [6.07, 6.45) is 4.07. The van der Waals surface area contributed by atoms with E-state index in [1.165, 1.54) is 11.1 Å². The fourth-order valence-corrected chi connectivity index (χ4v) is 4.20. The number of rotatable bonds is 6. The van der Waals surface area contributed by atoms with Gasteiger partial charge in [-0.3, -0.25) is 14.7 Å². The summed E-state index contributed by atoms with van der Waals surface area (Å²) in [6, 6.07) is 13.3. The number of nitrogens with one attached hydrogen (secondary N) is 3. The van der Waals surface area contributed by atoms with Crippen LogP contribution in [0.15, 0.2) is 60.0 Å². The maximum Gasteiger partial charge on any atom is 0.264 e. The molecule has 2 aromatic carbocycles. The van der Waals surface area contributed by atoms with E-state index < -0.39 is 6.10 Å². The zero-order valence-corrected chi connectivity index (χ0v) is 18.9. The number of anilines is 1. The molecule has 0 aliphatic carbocycles. The van der Waals surface area contributed by atoms with Crippen molar-refractivity contribution in [2.75, 3.05) is 18.9 Å². The van der Waals surface area contributed by atoms with E-state index in [0.29, 0.717) is 17.7 Å². The van der Waals surface area contributed by atoms with Gasteiger partial charge in [-0.2, -0.15) is 5.10 Å². The molecule has 0 saturated heterocycles. The van der Waals surface area contributed by atoms with Crippen LogP contribution in [0, 0.1) is 0 Å². The lowest BCUT2D eigenvalue weighted by Gasteiger charge is -2.25. The lowest BCUT2D eigenvalue weighted by atomic mass is 9.99. The molecule has 0 radical (unpaired) electrons. The topological polar surface area (TPSA) is 112 Å². The molecular formula is C25H26N6O3. The first-order chi connectivity index (χ1) is 16.5. The molecule has 2 aliphatic heterocycles. The first-order valence-corrected chi connectivity index (χ1v) is 11.3. The molecule has 2 aliphatic rings. The SMILES string of the molecule is CN1CCc2ccc(NC(=O)c3cccc(CNC(=O)C4CC(c5cn[nH]c5)=NO4)c3)cc2C1. The second-order valence-electron chi connectivity index (χ2n) is 8.67. The summed E-state index contributed by atoms with van der Waals surface area (Å²) in [5, 5.41) is 16.4. The van der Waals surface area contributed by atoms with Gasteiger partial charge in [0.1, 0.15) is 0 Å². The van der Waals surface area contributed by atoms with Gasteiger partial charge in [-0.25, -0.2) is 0 Å². The van der Waals surface area contributed by atoms with Crippen LogP contribution in [0.2, 0.25) is 0 Å². The van der Waals surface area contributed by atoms with Gasteiger partial charge in [0.2, 0.25) is 6.10 Å². The van der Waals surface area contributed by atoms with Gasteiger partial charge in [0.15, 0.2) is 0 Å². The Labute approximate surface area is 197 Å². The predicted octanol–water partition coefficient (Wildman–Crippen LogP) is 2.46. The minimum absolute atomic E-state index is 0.186. The Balaban J connectivity index is 1.17. The standard InChI is InChI=1S/C25H26N6O3/c1-31-8-7-17-5-6-21(10-19(17)15-31)29-24(32)18-4-2-3-16(9-18)12-26-25(33)23-11-22(30-34-23)20-13-27-28-14-20/h2-6,9-10,13-14,23H,7-8,11-12,15H2,1H3,(H,26,33)(H,27,28)(H,29,32). The molecule has 34 heavy (non-hydrogen) atoms. The third-order valence-corrected chi connectivity index (χ3v) is 6.12. The van der Waals surface area contributed by atoms with E-state index in [4.69, 9.17) is 4.84 Å². The Bertz CT molecular complexity index is 1240. The molecular weight excluding hydrogens is 432 g/mol. The number of fused-ring (bicyclic) bond motifs is 1. The summed E-state index contributed by atoms with van der Waals surface area (Å²) in [4.78, 5) is 32.9.